The predicted molar refractivity (Wildman–Crippen MR) is 121 cm³/mol. The van der Waals surface area contributed by atoms with E-state index < -0.39 is 5.82 Å². The van der Waals surface area contributed by atoms with Gasteiger partial charge in [-0.25, -0.2) is 4.39 Å². The average Bonchev–Trinajstić information content (AvgIpc) is 2.84. The first-order valence-electron chi connectivity index (χ1n) is 11.3. The molecule has 2 aromatic rings. The lowest BCUT2D eigenvalue weighted by atomic mass is 9.92. The molecular weight excluding hydrogens is 409 g/mol. The van der Waals surface area contributed by atoms with Crippen molar-refractivity contribution < 1.29 is 18.7 Å². The van der Waals surface area contributed by atoms with Crippen LogP contribution in [0.5, 0.6) is 5.75 Å². The van der Waals surface area contributed by atoms with Gasteiger partial charge < -0.3 is 19.9 Å². The highest BCUT2D eigenvalue weighted by Gasteiger charge is 2.32. The fourth-order valence-corrected chi connectivity index (χ4v) is 4.68. The van der Waals surface area contributed by atoms with Crippen molar-refractivity contribution in [2.75, 3.05) is 38.6 Å². The Hall–Kier alpha value is -2.93. The smallest absolute Gasteiger partial charge is 0.256 e. The van der Waals surface area contributed by atoms with Gasteiger partial charge in [-0.15, -0.1) is 0 Å². The fourth-order valence-electron chi connectivity index (χ4n) is 4.68. The molecule has 32 heavy (non-hydrogen) atoms. The number of benzene rings is 2. The number of carbonyl (C=O) groups excluding carboxylic acids is 2. The first kappa shape index (κ1) is 22.3. The van der Waals surface area contributed by atoms with Gasteiger partial charge in [0.15, 0.2) is 0 Å². The quantitative estimate of drug-likeness (QED) is 0.770. The van der Waals surface area contributed by atoms with E-state index in [4.69, 9.17) is 4.74 Å². The molecule has 4 rings (SSSR count). The zero-order valence-corrected chi connectivity index (χ0v) is 18.4. The number of amides is 2. The van der Waals surface area contributed by atoms with Crippen LogP contribution in [-0.2, 0) is 4.79 Å². The number of anilines is 1. The Labute approximate surface area is 188 Å². The second-order valence-electron chi connectivity index (χ2n) is 8.53. The highest BCUT2D eigenvalue weighted by molar-refractivity contribution is 5.94. The van der Waals surface area contributed by atoms with Crippen molar-refractivity contribution >= 4 is 17.5 Å². The molecule has 0 bridgehead atoms. The van der Waals surface area contributed by atoms with Gasteiger partial charge in [-0.05, 0) is 75.2 Å². The van der Waals surface area contributed by atoms with Crippen LogP contribution in [0.1, 0.15) is 36.0 Å². The van der Waals surface area contributed by atoms with Crippen molar-refractivity contribution in [3.8, 4) is 5.75 Å². The average molecular weight is 440 g/mol. The number of nitrogens with zero attached hydrogens (tertiary/aromatic N) is 2. The number of carbonyl (C=O) groups is 2. The Morgan fingerprint density at radius 3 is 2.22 bits per heavy atom. The summed E-state index contributed by atoms with van der Waals surface area (Å²) in [5, 5.41) is 3.01. The Kier molecular flexibility index (Phi) is 7.05. The third kappa shape index (κ3) is 5.10. The van der Waals surface area contributed by atoms with E-state index in [9.17, 15) is 14.0 Å². The summed E-state index contributed by atoms with van der Waals surface area (Å²) in [4.78, 5) is 29.5. The molecule has 2 saturated heterocycles. The molecule has 0 unspecified atom stereocenters. The zero-order valence-electron chi connectivity index (χ0n) is 18.4. The summed E-state index contributed by atoms with van der Waals surface area (Å²) in [6.07, 6.45) is 3.42. The predicted octanol–water partition coefficient (Wildman–Crippen LogP) is 3.79. The molecule has 0 saturated carbocycles. The molecule has 0 spiro atoms. The van der Waals surface area contributed by atoms with E-state index in [-0.39, 0.29) is 23.3 Å². The molecule has 2 heterocycles. The highest BCUT2D eigenvalue weighted by Crippen LogP contribution is 2.26. The van der Waals surface area contributed by atoms with Crippen molar-refractivity contribution in [2.45, 2.75) is 31.7 Å². The molecule has 2 aromatic carbocycles. The van der Waals surface area contributed by atoms with Crippen LogP contribution in [0.4, 0.5) is 10.1 Å². The van der Waals surface area contributed by atoms with Gasteiger partial charge in [0.2, 0.25) is 5.91 Å². The van der Waals surface area contributed by atoms with E-state index in [1.54, 1.807) is 30.2 Å². The summed E-state index contributed by atoms with van der Waals surface area (Å²) in [7, 11) is 1.62. The van der Waals surface area contributed by atoms with Crippen LogP contribution in [-0.4, -0.2) is 60.9 Å². The Balaban J connectivity index is 1.23. The van der Waals surface area contributed by atoms with E-state index >= 15 is 0 Å². The highest BCUT2D eigenvalue weighted by atomic mass is 19.1. The molecule has 0 aliphatic carbocycles. The van der Waals surface area contributed by atoms with Gasteiger partial charge in [0, 0.05) is 30.7 Å². The summed E-state index contributed by atoms with van der Waals surface area (Å²) in [6.45, 7) is 3.03. The van der Waals surface area contributed by atoms with E-state index in [0.717, 1.165) is 50.2 Å². The Bertz CT molecular complexity index is 934. The molecule has 170 valence electrons. The summed E-state index contributed by atoms with van der Waals surface area (Å²) < 4.78 is 19.1. The molecule has 2 fully saturated rings. The van der Waals surface area contributed by atoms with Crippen LogP contribution in [0, 0.1) is 11.7 Å². The topological polar surface area (TPSA) is 61.9 Å². The molecule has 0 radical (unpaired) electrons. The number of piperidine rings is 2. The standard InChI is InChI=1S/C25H30FN3O3/c1-32-21-8-6-19(7-9-21)27-24(30)18-10-14-28(15-11-18)20-12-16-29(17-13-20)25(31)22-4-2-3-5-23(22)26/h2-9,18,20H,10-17H2,1H3,(H,27,30). The van der Waals surface area contributed by atoms with Crippen LogP contribution in [0.2, 0.25) is 0 Å². The number of nitrogens with one attached hydrogen (secondary N) is 1. The summed E-state index contributed by atoms with van der Waals surface area (Å²) in [6, 6.07) is 13.9. The van der Waals surface area contributed by atoms with Crippen LogP contribution < -0.4 is 10.1 Å². The van der Waals surface area contributed by atoms with Gasteiger partial charge in [-0.3, -0.25) is 9.59 Å². The molecule has 6 nitrogen and oxygen atoms in total. The van der Waals surface area contributed by atoms with Crippen molar-refractivity contribution in [1.82, 2.24) is 9.80 Å². The lowest BCUT2D eigenvalue weighted by Gasteiger charge is -2.41. The summed E-state index contributed by atoms with van der Waals surface area (Å²) >= 11 is 0. The van der Waals surface area contributed by atoms with Gasteiger partial charge in [0.1, 0.15) is 11.6 Å². The minimum atomic E-state index is -0.463. The van der Waals surface area contributed by atoms with Gasteiger partial charge >= 0.3 is 0 Å². The molecule has 7 heteroatoms. The summed E-state index contributed by atoms with van der Waals surface area (Å²) in [5.41, 5.74) is 0.930. The first-order chi connectivity index (χ1) is 15.5. The summed E-state index contributed by atoms with van der Waals surface area (Å²) in [5.74, 6) is 0.152. The normalized spacial score (nSPS) is 18.4. The third-order valence-corrected chi connectivity index (χ3v) is 6.63. The van der Waals surface area contributed by atoms with Crippen molar-refractivity contribution in [3.05, 3.63) is 59.9 Å². The van der Waals surface area contributed by atoms with Crippen molar-refractivity contribution in [3.63, 3.8) is 0 Å². The van der Waals surface area contributed by atoms with Crippen LogP contribution in [0.25, 0.3) is 0 Å². The molecule has 1 N–H and O–H groups in total. The maximum atomic E-state index is 13.9. The monoisotopic (exact) mass is 439 g/mol. The van der Waals surface area contributed by atoms with Crippen LogP contribution >= 0.6 is 0 Å². The van der Waals surface area contributed by atoms with Gasteiger partial charge in [0.05, 0.1) is 12.7 Å². The Morgan fingerprint density at radius 2 is 1.59 bits per heavy atom. The SMILES string of the molecule is COc1ccc(NC(=O)C2CCN(C3CCN(C(=O)c4ccccc4F)CC3)CC2)cc1. The van der Waals surface area contributed by atoms with E-state index in [1.165, 1.54) is 6.07 Å². The van der Waals surface area contributed by atoms with E-state index in [0.29, 0.717) is 19.1 Å². The number of halogens is 1. The van der Waals surface area contributed by atoms with Crippen LogP contribution in [0.3, 0.4) is 0 Å². The number of methoxy groups -OCH3 is 1. The van der Waals surface area contributed by atoms with Gasteiger partial charge in [-0.1, -0.05) is 12.1 Å². The fraction of sp³-hybridized carbons (Fsp3) is 0.440. The number of hydrogen-bond acceptors (Lipinski definition) is 4. The van der Waals surface area contributed by atoms with E-state index in [1.807, 2.05) is 24.3 Å². The largest absolute Gasteiger partial charge is 0.497 e. The number of hydrogen-bond donors (Lipinski definition) is 1. The molecule has 2 aliphatic rings. The Morgan fingerprint density at radius 1 is 0.938 bits per heavy atom. The zero-order chi connectivity index (χ0) is 22.5. The molecule has 0 aromatic heterocycles. The number of likely N-dealkylation sites (tertiary alicyclic amines) is 2. The second-order valence-corrected chi connectivity index (χ2v) is 8.53. The molecule has 2 aliphatic heterocycles. The van der Waals surface area contributed by atoms with Gasteiger partial charge in [0.25, 0.3) is 5.91 Å². The van der Waals surface area contributed by atoms with Crippen LogP contribution in [0.15, 0.2) is 48.5 Å². The lowest BCUT2D eigenvalue weighted by molar-refractivity contribution is -0.121. The maximum absolute atomic E-state index is 13.9. The lowest BCUT2D eigenvalue weighted by Crippen LogP contribution is -2.49. The number of rotatable bonds is 5. The minimum absolute atomic E-state index is 0.0103. The number of ether oxygens (including phenoxy) is 1. The molecule has 0 atom stereocenters. The molecular formula is C25H30FN3O3. The maximum Gasteiger partial charge on any atom is 0.256 e. The third-order valence-electron chi connectivity index (χ3n) is 6.63. The van der Waals surface area contributed by atoms with Crippen molar-refractivity contribution in [1.29, 1.82) is 0 Å². The van der Waals surface area contributed by atoms with Crippen molar-refractivity contribution in [2.24, 2.45) is 5.92 Å². The van der Waals surface area contributed by atoms with E-state index in [2.05, 4.69) is 10.2 Å². The molecule has 2 amide bonds. The first-order valence-corrected chi connectivity index (χ1v) is 11.3. The minimum Gasteiger partial charge on any atom is -0.497 e. The van der Waals surface area contributed by atoms with Gasteiger partial charge in [-0.2, -0.15) is 0 Å². The second kappa shape index (κ2) is 10.1.